The van der Waals surface area contributed by atoms with E-state index >= 15 is 0 Å². The zero-order valence-electron chi connectivity index (χ0n) is 13.9. The summed E-state index contributed by atoms with van der Waals surface area (Å²) in [5.41, 5.74) is -0.734. The van der Waals surface area contributed by atoms with Gasteiger partial charge in [-0.25, -0.2) is 9.97 Å². The molecule has 0 saturated carbocycles. The molecule has 5 nitrogen and oxygen atoms in total. The molecule has 0 bridgehead atoms. The molecule has 1 aliphatic heterocycles. The lowest BCUT2D eigenvalue weighted by Gasteiger charge is -2.38. The van der Waals surface area contributed by atoms with E-state index in [2.05, 4.69) is 42.9 Å². The molecule has 118 valence electrons. The van der Waals surface area contributed by atoms with Gasteiger partial charge < -0.3 is 15.3 Å². The summed E-state index contributed by atoms with van der Waals surface area (Å²) in [5, 5.41) is 13.6. The van der Waals surface area contributed by atoms with Gasteiger partial charge >= 0.3 is 0 Å². The molecule has 2 N–H and O–H groups in total. The molecule has 0 aromatic carbocycles. The van der Waals surface area contributed by atoms with Crippen molar-refractivity contribution in [3.05, 3.63) is 11.9 Å². The van der Waals surface area contributed by atoms with Crippen molar-refractivity contribution < 1.29 is 5.11 Å². The van der Waals surface area contributed by atoms with Crippen LogP contribution < -0.4 is 10.2 Å². The predicted molar refractivity (Wildman–Crippen MR) is 87.0 cm³/mol. The van der Waals surface area contributed by atoms with E-state index in [1.807, 2.05) is 13.0 Å². The highest BCUT2D eigenvalue weighted by Crippen LogP contribution is 2.28. The Morgan fingerprint density at radius 2 is 2.10 bits per heavy atom. The molecule has 1 aromatic heterocycles. The number of aromatic nitrogens is 2. The first-order valence-corrected chi connectivity index (χ1v) is 7.82. The first-order chi connectivity index (χ1) is 9.71. The summed E-state index contributed by atoms with van der Waals surface area (Å²) in [7, 11) is 0. The van der Waals surface area contributed by atoms with E-state index in [-0.39, 0.29) is 5.41 Å². The van der Waals surface area contributed by atoms with E-state index in [1.165, 1.54) is 0 Å². The molecule has 1 aliphatic rings. The van der Waals surface area contributed by atoms with Crippen LogP contribution in [0.4, 0.5) is 11.6 Å². The molecule has 1 unspecified atom stereocenters. The fourth-order valence-electron chi connectivity index (χ4n) is 2.62. The minimum atomic E-state index is -0.635. The van der Waals surface area contributed by atoms with Gasteiger partial charge in [0.2, 0.25) is 0 Å². The number of piperidine rings is 1. The smallest absolute Gasteiger partial charge is 0.138 e. The van der Waals surface area contributed by atoms with Gasteiger partial charge in [-0.3, -0.25) is 0 Å². The van der Waals surface area contributed by atoms with Gasteiger partial charge in [0.1, 0.15) is 17.5 Å². The van der Waals surface area contributed by atoms with Crippen LogP contribution in [-0.2, 0) is 5.41 Å². The first-order valence-electron chi connectivity index (χ1n) is 7.82. The summed E-state index contributed by atoms with van der Waals surface area (Å²) >= 11 is 0. The van der Waals surface area contributed by atoms with E-state index in [0.29, 0.717) is 6.54 Å². The Kier molecular flexibility index (Phi) is 4.42. The van der Waals surface area contributed by atoms with Gasteiger partial charge in [0, 0.05) is 31.1 Å². The van der Waals surface area contributed by atoms with Crippen molar-refractivity contribution in [3.8, 4) is 0 Å². The zero-order valence-corrected chi connectivity index (χ0v) is 13.9. The molecule has 0 radical (unpaired) electrons. The number of rotatable bonds is 3. The zero-order chi connectivity index (χ0) is 15.7. The summed E-state index contributed by atoms with van der Waals surface area (Å²) in [5.74, 6) is 2.60. The standard InChI is InChI=1S/C16H28N4O/c1-6-17-12-10-13(19-14(18-12)15(2,3)4)20-9-7-8-16(5,21)11-20/h10,21H,6-9,11H2,1-5H3,(H,17,18,19). The molecule has 0 spiro atoms. The average molecular weight is 292 g/mol. The largest absolute Gasteiger partial charge is 0.388 e. The van der Waals surface area contributed by atoms with Crippen molar-refractivity contribution in [1.29, 1.82) is 0 Å². The SMILES string of the molecule is CCNc1cc(N2CCCC(C)(O)C2)nc(C(C)(C)C)n1. The van der Waals surface area contributed by atoms with Crippen LogP contribution >= 0.6 is 0 Å². The van der Waals surface area contributed by atoms with Crippen LogP contribution in [0.1, 0.15) is 53.3 Å². The monoisotopic (exact) mass is 292 g/mol. The van der Waals surface area contributed by atoms with Crippen LogP contribution in [0.15, 0.2) is 6.07 Å². The van der Waals surface area contributed by atoms with Crippen LogP contribution in [0.25, 0.3) is 0 Å². The third-order valence-electron chi connectivity index (χ3n) is 3.74. The molecule has 21 heavy (non-hydrogen) atoms. The van der Waals surface area contributed by atoms with E-state index in [0.717, 1.165) is 43.4 Å². The molecular formula is C16H28N4O. The van der Waals surface area contributed by atoms with Crippen molar-refractivity contribution in [2.45, 2.75) is 58.5 Å². The molecule has 1 fully saturated rings. The number of hydrogen-bond acceptors (Lipinski definition) is 5. The summed E-state index contributed by atoms with van der Waals surface area (Å²) in [6.07, 6.45) is 1.83. The summed E-state index contributed by atoms with van der Waals surface area (Å²) in [6, 6.07) is 1.99. The topological polar surface area (TPSA) is 61.3 Å². The maximum absolute atomic E-state index is 10.3. The van der Waals surface area contributed by atoms with Gasteiger partial charge in [-0.15, -0.1) is 0 Å². The predicted octanol–water partition coefficient (Wildman–Crippen LogP) is 2.56. The Morgan fingerprint density at radius 3 is 2.67 bits per heavy atom. The van der Waals surface area contributed by atoms with Gasteiger partial charge in [0.15, 0.2) is 0 Å². The van der Waals surface area contributed by atoms with Gasteiger partial charge in [0.25, 0.3) is 0 Å². The Morgan fingerprint density at radius 1 is 1.38 bits per heavy atom. The molecule has 1 saturated heterocycles. The molecular weight excluding hydrogens is 264 g/mol. The van der Waals surface area contributed by atoms with Gasteiger partial charge in [-0.05, 0) is 26.7 Å². The number of aliphatic hydroxyl groups is 1. The summed E-state index contributed by atoms with van der Waals surface area (Å²) in [4.78, 5) is 11.5. The summed E-state index contributed by atoms with van der Waals surface area (Å²) < 4.78 is 0. The van der Waals surface area contributed by atoms with Crippen LogP contribution in [0.3, 0.4) is 0 Å². The average Bonchev–Trinajstić information content (AvgIpc) is 2.36. The van der Waals surface area contributed by atoms with Gasteiger partial charge in [-0.2, -0.15) is 0 Å². The van der Waals surface area contributed by atoms with E-state index < -0.39 is 5.60 Å². The van der Waals surface area contributed by atoms with Crippen LogP contribution in [-0.4, -0.2) is 40.3 Å². The Balaban J connectivity index is 2.35. The second-order valence-corrected chi connectivity index (χ2v) is 7.24. The first kappa shape index (κ1) is 16.0. The minimum Gasteiger partial charge on any atom is -0.388 e. The second-order valence-electron chi connectivity index (χ2n) is 7.24. The lowest BCUT2D eigenvalue weighted by Crippen LogP contribution is -2.46. The highest BCUT2D eigenvalue weighted by atomic mass is 16.3. The lowest BCUT2D eigenvalue weighted by atomic mass is 9.94. The maximum atomic E-state index is 10.3. The maximum Gasteiger partial charge on any atom is 0.138 e. The number of anilines is 2. The number of β-amino-alcohol motifs (C(OH)–C–C–N with tert-alkyl or cyclic N) is 1. The van der Waals surface area contributed by atoms with Crippen LogP contribution in [0.2, 0.25) is 0 Å². The van der Waals surface area contributed by atoms with E-state index in [4.69, 9.17) is 4.98 Å². The van der Waals surface area contributed by atoms with Gasteiger partial charge in [-0.1, -0.05) is 20.8 Å². The second kappa shape index (κ2) is 5.79. The fraction of sp³-hybridized carbons (Fsp3) is 0.750. The van der Waals surface area contributed by atoms with E-state index in [9.17, 15) is 5.11 Å². The third kappa shape index (κ3) is 4.06. The highest BCUT2D eigenvalue weighted by Gasteiger charge is 2.30. The number of hydrogen-bond donors (Lipinski definition) is 2. The van der Waals surface area contributed by atoms with Crippen molar-refractivity contribution in [1.82, 2.24) is 9.97 Å². The molecule has 0 aliphatic carbocycles. The molecule has 2 heterocycles. The molecule has 2 rings (SSSR count). The van der Waals surface area contributed by atoms with Crippen LogP contribution in [0, 0.1) is 0 Å². The molecule has 1 atom stereocenters. The van der Waals surface area contributed by atoms with Crippen molar-refractivity contribution in [3.63, 3.8) is 0 Å². The van der Waals surface area contributed by atoms with Crippen LogP contribution in [0.5, 0.6) is 0 Å². The van der Waals surface area contributed by atoms with Crippen molar-refractivity contribution >= 4 is 11.6 Å². The molecule has 0 amide bonds. The minimum absolute atomic E-state index is 0.0987. The van der Waals surface area contributed by atoms with Crippen molar-refractivity contribution in [2.24, 2.45) is 0 Å². The fourth-order valence-corrected chi connectivity index (χ4v) is 2.62. The lowest BCUT2D eigenvalue weighted by molar-refractivity contribution is 0.0447. The Bertz CT molecular complexity index is 494. The number of nitrogens with zero attached hydrogens (tertiary/aromatic N) is 3. The molecule has 5 heteroatoms. The normalized spacial score (nSPS) is 23.2. The van der Waals surface area contributed by atoms with Crippen molar-refractivity contribution in [2.75, 3.05) is 29.9 Å². The molecule has 1 aromatic rings. The third-order valence-corrected chi connectivity index (χ3v) is 3.74. The van der Waals surface area contributed by atoms with E-state index in [1.54, 1.807) is 0 Å². The quantitative estimate of drug-likeness (QED) is 0.896. The Hall–Kier alpha value is -1.36. The Labute approximate surface area is 127 Å². The highest BCUT2D eigenvalue weighted by molar-refractivity contribution is 5.50. The number of nitrogens with one attached hydrogen (secondary N) is 1. The summed E-state index contributed by atoms with van der Waals surface area (Å²) in [6.45, 7) is 12.7. The van der Waals surface area contributed by atoms with Gasteiger partial charge in [0.05, 0.1) is 5.60 Å².